The lowest BCUT2D eigenvalue weighted by Gasteiger charge is -2.32. The minimum absolute atomic E-state index is 0.243. The fourth-order valence-electron chi connectivity index (χ4n) is 2.39. The number of carbonyl (C=O) groups is 1. The number of hydrogen-bond acceptors (Lipinski definition) is 2. The third kappa shape index (κ3) is 2.90. The van der Waals surface area contributed by atoms with Crippen LogP contribution in [0.25, 0.3) is 0 Å². The van der Waals surface area contributed by atoms with E-state index in [1.165, 1.54) is 6.07 Å². The Morgan fingerprint density at radius 2 is 2.00 bits per heavy atom. The predicted octanol–water partition coefficient (Wildman–Crippen LogP) is 3.20. The molecule has 1 heterocycles. The summed E-state index contributed by atoms with van der Waals surface area (Å²) in [6.45, 7) is 1.43. The van der Waals surface area contributed by atoms with Gasteiger partial charge in [-0.3, -0.25) is 9.69 Å². The monoisotopic (exact) mass is 315 g/mol. The molecule has 1 aromatic rings. The fourth-order valence-corrected chi connectivity index (χ4v) is 2.72. The molecular weight excluding hydrogens is 301 g/mol. The summed E-state index contributed by atoms with van der Waals surface area (Å²) in [6.07, 6.45) is 3.06. The quantitative estimate of drug-likeness (QED) is 0.931. The maximum Gasteiger partial charge on any atom is 0.325 e. The van der Waals surface area contributed by atoms with Gasteiger partial charge in [0.1, 0.15) is 11.9 Å². The van der Waals surface area contributed by atoms with E-state index in [1.54, 1.807) is 12.1 Å². The molecule has 0 spiro atoms. The molecule has 0 aromatic heterocycles. The first-order valence-electron chi connectivity index (χ1n) is 6.01. The normalized spacial score (nSPS) is 18.6. The number of piperidine rings is 1. The van der Waals surface area contributed by atoms with E-state index in [0.717, 1.165) is 19.3 Å². The Bertz CT molecular complexity index is 447. The molecule has 1 aromatic carbocycles. The van der Waals surface area contributed by atoms with Crippen LogP contribution in [-0.4, -0.2) is 29.1 Å². The van der Waals surface area contributed by atoms with Crippen molar-refractivity contribution in [2.45, 2.75) is 25.3 Å². The zero-order chi connectivity index (χ0) is 13.1. The van der Waals surface area contributed by atoms with Crippen molar-refractivity contribution in [3.05, 3.63) is 34.1 Å². The highest BCUT2D eigenvalue weighted by Crippen LogP contribution is 2.28. The largest absolute Gasteiger partial charge is 0.480 e. The smallest absolute Gasteiger partial charge is 0.325 e. The Labute approximate surface area is 114 Å². The van der Waals surface area contributed by atoms with Crippen LogP contribution in [0.4, 0.5) is 4.39 Å². The summed E-state index contributed by atoms with van der Waals surface area (Å²) in [5, 5.41) is 9.35. The van der Waals surface area contributed by atoms with Gasteiger partial charge < -0.3 is 5.11 Å². The Morgan fingerprint density at radius 1 is 1.33 bits per heavy atom. The van der Waals surface area contributed by atoms with Crippen LogP contribution in [0.1, 0.15) is 30.9 Å². The van der Waals surface area contributed by atoms with Crippen LogP contribution in [0.3, 0.4) is 0 Å². The summed E-state index contributed by atoms with van der Waals surface area (Å²) in [5.41, 5.74) is 0.243. The van der Waals surface area contributed by atoms with Crippen molar-refractivity contribution in [2.75, 3.05) is 13.1 Å². The minimum atomic E-state index is -0.988. The van der Waals surface area contributed by atoms with Gasteiger partial charge in [-0.15, -0.1) is 0 Å². The number of carboxylic acid groups (broad SMARTS) is 1. The standard InChI is InChI=1S/C13H15BrFNO2/c14-9-4-5-10(11(15)8-9)12(13(17)18)16-6-2-1-3-7-16/h4-5,8,12H,1-3,6-7H2,(H,17,18). The van der Waals surface area contributed by atoms with Gasteiger partial charge in [0.15, 0.2) is 0 Å². The lowest BCUT2D eigenvalue weighted by atomic mass is 10.0. The third-order valence-electron chi connectivity index (χ3n) is 3.25. The molecule has 5 heteroatoms. The number of carboxylic acids is 1. The van der Waals surface area contributed by atoms with E-state index in [0.29, 0.717) is 17.6 Å². The van der Waals surface area contributed by atoms with Crippen molar-refractivity contribution in [1.29, 1.82) is 0 Å². The molecule has 0 amide bonds. The Kier molecular flexibility index (Phi) is 4.35. The summed E-state index contributed by atoms with van der Waals surface area (Å²) in [7, 11) is 0. The van der Waals surface area contributed by atoms with E-state index in [2.05, 4.69) is 15.9 Å². The van der Waals surface area contributed by atoms with Gasteiger partial charge in [-0.1, -0.05) is 28.4 Å². The van der Waals surface area contributed by atoms with Gasteiger partial charge in [-0.25, -0.2) is 4.39 Å². The highest BCUT2D eigenvalue weighted by atomic mass is 79.9. The summed E-state index contributed by atoms with van der Waals surface area (Å²) >= 11 is 3.18. The first-order valence-corrected chi connectivity index (χ1v) is 6.80. The van der Waals surface area contributed by atoms with Crippen molar-refractivity contribution >= 4 is 21.9 Å². The van der Waals surface area contributed by atoms with Crippen molar-refractivity contribution in [3.8, 4) is 0 Å². The zero-order valence-electron chi connectivity index (χ0n) is 9.90. The number of rotatable bonds is 3. The summed E-state index contributed by atoms with van der Waals surface area (Å²) in [5.74, 6) is -1.46. The Hall–Kier alpha value is -0.940. The van der Waals surface area contributed by atoms with E-state index in [4.69, 9.17) is 0 Å². The van der Waals surface area contributed by atoms with Crippen LogP contribution in [0.15, 0.2) is 22.7 Å². The summed E-state index contributed by atoms with van der Waals surface area (Å²) < 4.78 is 14.5. The molecule has 1 saturated heterocycles. The molecule has 1 fully saturated rings. The summed E-state index contributed by atoms with van der Waals surface area (Å²) in [6, 6.07) is 3.67. The van der Waals surface area contributed by atoms with Crippen LogP contribution in [0, 0.1) is 5.82 Å². The lowest BCUT2D eigenvalue weighted by molar-refractivity contribution is -0.144. The maximum absolute atomic E-state index is 13.9. The maximum atomic E-state index is 13.9. The molecule has 0 aliphatic carbocycles. The molecule has 1 atom stereocenters. The van der Waals surface area contributed by atoms with Gasteiger partial charge in [-0.05, 0) is 38.1 Å². The number of halogens is 2. The van der Waals surface area contributed by atoms with Crippen molar-refractivity contribution in [1.82, 2.24) is 4.90 Å². The average Bonchev–Trinajstić information content (AvgIpc) is 2.33. The van der Waals surface area contributed by atoms with Crippen LogP contribution >= 0.6 is 15.9 Å². The molecule has 1 aliphatic rings. The second-order valence-electron chi connectivity index (χ2n) is 4.50. The SMILES string of the molecule is O=C(O)C(c1ccc(Br)cc1F)N1CCCCC1. The molecule has 2 rings (SSSR count). The molecule has 1 unspecified atom stereocenters. The van der Waals surface area contributed by atoms with Crippen LogP contribution < -0.4 is 0 Å². The molecular formula is C13H15BrFNO2. The van der Waals surface area contributed by atoms with Gasteiger partial charge >= 0.3 is 5.97 Å². The van der Waals surface area contributed by atoms with Gasteiger partial charge in [0.25, 0.3) is 0 Å². The zero-order valence-corrected chi connectivity index (χ0v) is 11.5. The Morgan fingerprint density at radius 3 is 2.56 bits per heavy atom. The van der Waals surface area contributed by atoms with E-state index >= 15 is 0 Å². The highest BCUT2D eigenvalue weighted by molar-refractivity contribution is 9.10. The molecule has 1 N–H and O–H groups in total. The van der Waals surface area contributed by atoms with E-state index in [9.17, 15) is 14.3 Å². The Balaban J connectivity index is 2.31. The van der Waals surface area contributed by atoms with Gasteiger partial charge in [0.05, 0.1) is 0 Å². The first-order chi connectivity index (χ1) is 8.59. The molecule has 0 saturated carbocycles. The topological polar surface area (TPSA) is 40.5 Å². The van der Waals surface area contributed by atoms with E-state index in [1.807, 2.05) is 4.90 Å². The number of aliphatic carboxylic acids is 1. The van der Waals surface area contributed by atoms with Gasteiger partial charge in [0, 0.05) is 10.0 Å². The second kappa shape index (κ2) is 5.80. The van der Waals surface area contributed by atoms with Crippen molar-refractivity contribution in [2.24, 2.45) is 0 Å². The van der Waals surface area contributed by atoms with Crippen LogP contribution in [-0.2, 0) is 4.79 Å². The predicted molar refractivity (Wildman–Crippen MR) is 69.9 cm³/mol. The molecule has 1 aliphatic heterocycles. The number of benzene rings is 1. The minimum Gasteiger partial charge on any atom is -0.480 e. The number of likely N-dealkylation sites (tertiary alicyclic amines) is 1. The molecule has 98 valence electrons. The van der Waals surface area contributed by atoms with Crippen LogP contribution in [0.5, 0.6) is 0 Å². The van der Waals surface area contributed by atoms with E-state index in [-0.39, 0.29) is 5.56 Å². The first kappa shape index (κ1) is 13.5. The number of hydrogen-bond donors (Lipinski definition) is 1. The van der Waals surface area contributed by atoms with E-state index < -0.39 is 17.8 Å². The molecule has 0 radical (unpaired) electrons. The van der Waals surface area contributed by atoms with Gasteiger partial charge in [0.2, 0.25) is 0 Å². The van der Waals surface area contributed by atoms with Gasteiger partial charge in [-0.2, -0.15) is 0 Å². The third-order valence-corrected chi connectivity index (χ3v) is 3.74. The summed E-state index contributed by atoms with van der Waals surface area (Å²) in [4.78, 5) is 13.3. The molecule has 3 nitrogen and oxygen atoms in total. The van der Waals surface area contributed by atoms with Crippen molar-refractivity contribution < 1.29 is 14.3 Å². The number of nitrogens with zero attached hydrogens (tertiary/aromatic N) is 1. The average molecular weight is 316 g/mol. The fraction of sp³-hybridized carbons (Fsp3) is 0.462. The van der Waals surface area contributed by atoms with Crippen LogP contribution in [0.2, 0.25) is 0 Å². The molecule has 0 bridgehead atoms. The lowest BCUT2D eigenvalue weighted by Crippen LogP contribution is -2.38. The van der Waals surface area contributed by atoms with Crippen molar-refractivity contribution in [3.63, 3.8) is 0 Å². The molecule has 18 heavy (non-hydrogen) atoms. The second-order valence-corrected chi connectivity index (χ2v) is 5.42. The highest BCUT2D eigenvalue weighted by Gasteiger charge is 2.30.